The van der Waals surface area contributed by atoms with Crippen molar-refractivity contribution in [3.8, 4) is 10.6 Å². The fraction of sp³-hybridized carbons (Fsp3) is 0.333. The van der Waals surface area contributed by atoms with Gasteiger partial charge in [0.15, 0.2) is 0 Å². The molecule has 3 aromatic rings. The molecule has 8 nitrogen and oxygen atoms in total. The summed E-state index contributed by atoms with van der Waals surface area (Å²) in [5.74, 6) is 1.08. The van der Waals surface area contributed by atoms with Crippen LogP contribution in [0.25, 0.3) is 10.6 Å². The van der Waals surface area contributed by atoms with Gasteiger partial charge in [-0.05, 0) is 50.1 Å². The zero-order chi connectivity index (χ0) is 20.9. The highest BCUT2D eigenvalue weighted by Gasteiger charge is 2.30. The van der Waals surface area contributed by atoms with Crippen molar-refractivity contribution in [1.82, 2.24) is 15.0 Å². The van der Waals surface area contributed by atoms with E-state index >= 15 is 0 Å². The largest absolute Gasteiger partial charge is 0.447 e. The van der Waals surface area contributed by atoms with Crippen LogP contribution in [-0.4, -0.2) is 41.4 Å². The highest BCUT2D eigenvalue weighted by atomic mass is 32.1. The number of amides is 1. The molecule has 156 valence electrons. The van der Waals surface area contributed by atoms with Crippen LogP contribution in [0.15, 0.2) is 36.5 Å². The summed E-state index contributed by atoms with van der Waals surface area (Å²) in [4.78, 5) is 26.5. The maximum Gasteiger partial charge on any atom is 0.411 e. The van der Waals surface area contributed by atoms with Gasteiger partial charge in [-0.15, -0.1) is 11.3 Å². The van der Waals surface area contributed by atoms with Gasteiger partial charge >= 0.3 is 6.09 Å². The highest BCUT2D eigenvalue weighted by Crippen LogP contribution is 2.45. The normalized spacial score (nSPS) is 13.1. The first kappa shape index (κ1) is 20.2. The van der Waals surface area contributed by atoms with Gasteiger partial charge in [0.1, 0.15) is 6.61 Å². The maximum absolute atomic E-state index is 11.7. The number of nitrogens with one attached hydrogen (secondary N) is 2. The van der Waals surface area contributed by atoms with E-state index in [2.05, 4.69) is 20.6 Å². The first-order chi connectivity index (χ1) is 14.6. The molecule has 0 bridgehead atoms. The molecule has 1 saturated carbocycles. The summed E-state index contributed by atoms with van der Waals surface area (Å²) >= 11 is 1.68. The highest BCUT2D eigenvalue weighted by molar-refractivity contribution is 7.15. The zero-order valence-electron chi connectivity index (χ0n) is 16.8. The number of carbonyl (C=O) groups excluding carboxylic acids is 1. The summed E-state index contributed by atoms with van der Waals surface area (Å²) in [5, 5.41) is 6.93. The molecule has 1 aromatic carbocycles. The van der Waals surface area contributed by atoms with Gasteiger partial charge in [0.2, 0.25) is 5.95 Å². The molecule has 0 unspecified atom stereocenters. The molecule has 1 aliphatic rings. The number of thiazole rings is 1. The molecule has 1 fully saturated rings. The van der Waals surface area contributed by atoms with Crippen LogP contribution in [0.4, 0.5) is 22.1 Å². The minimum Gasteiger partial charge on any atom is -0.447 e. The summed E-state index contributed by atoms with van der Waals surface area (Å²) in [6, 6.07) is 9.16. The molecule has 0 atom stereocenters. The van der Waals surface area contributed by atoms with Crippen LogP contribution in [0.1, 0.15) is 29.5 Å². The summed E-state index contributed by atoms with van der Waals surface area (Å²) < 4.78 is 9.83. The van der Waals surface area contributed by atoms with Gasteiger partial charge in [-0.2, -0.15) is 0 Å². The number of carbonyl (C=O) groups is 1. The fourth-order valence-electron chi connectivity index (χ4n) is 2.94. The van der Waals surface area contributed by atoms with Gasteiger partial charge < -0.3 is 14.8 Å². The molecule has 1 amide bonds. The molecule has 0 radical (unpaired) electrons. The Morgan fingerprint density at radius 3 is 2.63 bits per heavy atom. The monoisotopic (exact) mass is 425 g/mol. The summed E-state index contributed by atoms with van der Waals surface area (Å²) in [6.45, 7) is 2.60. The Labute approximate surface area is 178 Å². The van der Waals surface area contributed by atoms with Gasteiger partial charge in [0, 0.05) is 30.6 Å². The molecular formula is C21H23N5O3S. The van der Waals surface area contributed by atoms with Crippen molar-refractivity contribution in [2.24, 2.45) is 0 Å². The van der Waals surface area contributed by atoms with Crippen LogP contribution in [0, 0.1) is 6.92 Å². The molecule has 0 spiro atoms. The topological polar surface area (TPSA) is 98.3 Å². The standard InChI is InChI=1S/C21H23N5O3S/c1-13-23-18(14-3-4-14)19(30-13)17-9-10-22-20(26-17)24-15-5-7-16(8-6-15)25-21(27)29-12-11-28-2/h5-10,14H,3-4,11-12H2,1-2H3,(H,25,27)(H,22,24,26). The van der Waals surface area contributed by atoms with Crippen molar-refractivity contribution in [2.45, 2.75) is 25.7 Å². The van der Waals surface area contributed by atoms with Crippen LogP contribution in [0.2, 0.25) is 0 Å². The molecule has 0 aliphatic heterocycles. The minimum absolute atomic E-state index is 0.206. The van der Waals surface area contributed by atoms with E-state index in [0.29, 0.717) is 24.2 Å². The van der Waals surface area contributed by atoms with Crippen molar-refractivity contribution in [3.05, 3.63) is 47.2 Å². The Bertz CT molecular complexity index is 1020. The molecule has 9 heteroatoms. The molecule has 2 heterocycles. The number of hydrogen-bond acceptors (Lipinski definition) is 8. The van der Waals surface area contributed by atoms with Crippen molar-refractivity contribution >= 4 is 34.8 Å². The van der Waals surface area contributed by atoms with E-state index < -0.39 is 6.09 Å². The maximum atomic E-state index is 11.7. The van der Waals surface area contributed by atoms with Crippen LogP contribution < -0.4 is 10.6 Å². The Morgan fingerprint density at radius 2 is 1.90 bits per heavy atom. The zero-order valence-corrected chi connectivity index (χ0v) is 17.7. The molecule has 4 rings (SSSR count). The van der Waals surface area contributed by atoms with Gasteiger partial charge in [-0.1, -0.05) is 0 Å². The number of methoxy groups -OCH3 is 1. The third kappa shape index (κ3) is 5.11. The Balaban J connectivity index is 1.41. The molecule has 2 aromatic heterocycles. The van der Waals surface area contributed by atoms with Gasteiger partial charge in [0.25, 0.3) is 0 Å². The SMILES string of the molecule is COCCOC(=O)Nc1ccc(Nc2nccc(-c3sc(C)nc3C3CC3)n2)cc1. The van der Waals surface area contributed by atoms with Crippen LogP contribution in [0.5, 0.6) is 0 Å². The predicted molar refractivity (Wildman–Crippen MR) is 116 cm³/mol. The van der Waals surface area contributed by atoms with Gasteiger partial charge in [0.05, 0.1) is 27.9 Å². The number of anilines is 3. The minimum atomic E-state index is -0.518. The van der Waals surface area contributed by atoms with Crippen LogP contribution in [0.3, 0.4) is 0 Å². The number of hydrogen-bond donors (Lipinski definition) is 2. The lowest BCUT2D eigenvalue weighted by Crippen LogP contribution is -2.16. The Kier molecular flexibility index (Phi) is 6.20. The van der Waals surface area contributed by atoms with Gasteiger partial charge in [-0.25, -0.2) is 19.7 Å². The number of ether oxygens (including phenoxy) is 2. The average molecular weight is 426 g/mol. The first-order valence-corrected chi connectivity index (χ1v) is 10.5. The van der Waals surface area contributed by atoms with Crippen molar-refractivity contribution < 1.29 is 14.3 Å². The van der Waals surface area contributed by atoms with Crippen molar-refractivity contribution in [2.75, 3.05) is 31.0 Å². The lowest BCUT2D eigenvalue weighted by Gasteiger charge is -2.09. The Morgan fingerprint density at radius 1 is 1.13 bits per heavy atom. The van der Waals surface area contributed by atoms with Crippen LogP contribution in [-0.2, 0) is 9.47 Å². The first-order valence-electron chi connectivity index (χ1n) is 9.73. The Hall–Kier alpha value is -3.04. The number of benzene rings is 1. The molecule has 30 heavy (non-hydrogen) atoms. The van der Waals surface area contributed by atoms with E-state index in [4.69, 9.17) is 14.5 Å². The molecular weight excluding hydrogens is 402 g/mol. The quantitative estimate of drug-likeness (QED) is 0.504. The lowest BCUT2D eigenvalue weighted by atomic mass is 10.2. The second-order valence-electron chi connectivity index (χ2n) is 6.94. The summed E-state index contributed by atoms with van der Waals surface area (Å²) in [5.41, 5.74) is 3.49. The third-order valence-electron chi connectivity index (χ3n) is 4.52. The van der Waals surface area contributed by atoms with Gasteiger partial charge in [-0.3, -0.25) is 5.32 Å². The molecule has 0 saturated heterocycles. The number of rotatable bonds is 8. The smallest absolute Gasteiger partial charge is 0.411 e. The van der Waals surface area contributed by atoms with E-state index in [-0.39, 0.29) is 6.61 Å². The van der Waals surface area contributed by atoms with E-state index in [1.807, 2.05) is 25.1 Å². The summed E-state index contributed by atoms with van der Waals surface area (Å²) in [6.07, 6.45) is 3.64. The molecule has 1 aliphatic carbocycles. The van der Waals surface area contributed by atoms with E-state index in [1.54, 1.807) is 36.8 Å². The third-order valence-corrected chi connectivity index (χ3v) is 5.53. The van der Waals surface area contributed by atoms with E-state index in [0.717, 1.165) is 27.0 Å². The number of aryl methyl sites for hydroxylation is 1. The number of nitrogens with zero attached hydrogens (tertiary/aromatic N) is 3. The molecule has 2 N–H and O–H groups in total. The lowest BCUT2D eigenvalue weighted by molar-refractivity contribution is 0.107. The van der Waals surface area contributed by atoms with Crippen molar-refractivity contribution in [1.29, 1.82) is 0 Å². The summed E-state index contributed by atoms with van der Waals surface area (Å²) in [7, 11) is 1.55. The predicted octanol–water partition coefficient (Wildman–Crippen LogP) is 4.72. The fourth-order valence-corrected chi connectivity index (χ4v) is 3.92. The number of aromatic nitrogens is 3. The van der Waals surface area contributed by atoms with E-state index in [9.17, 15) is 4.79 Å². The second kappa shape index (κ2) is 9.19. The van der Waals surface area contributed by atoms with Crippen molar-refractivity contribution in [3.63, 3.8) is 0 Å². The van der Waals surface area contributed by atoms with E-state index in [1.165, 1.54) is 12.8 Å². The van der Waals surface area contributed by atoms with Crippen LogP contribution >= 0.6 is 11.3 Å². The average Bonchev–Trinajstić information content (AvgIpc) is 3.51. The second-order valence-corrected chi connectivity index (χ2v) is 8.15.